The highest BCUT2D eigenvalue weighted by molar-refractivity contribution is 5.95. The Hall–Kier alpha value is -3.16. The summed E-state index contributed by atoms with van der Waals surface area (Å²) in [6.45, 7) is 1.69. The van der Waals surface area contributed by atoms with Crippen molar-refractivity contribution >= 4 is 11.8 Å². The molecule has 0 N–H and O–H groups in total. The first-order chi connectivity index (χ1) is 14.4. The Morgan fingerprint density at radius 2 is 1.53 bits per heavy atom. The van der Waals surface area contributed by atoms with Gasteiger partial charge in [-0.25, -0.2) is 8.78 Å². The number of benzene rings is 2. The molecule has 0 radical (unpaired) electrons. The Kier molecular flexibility index (Phi) is 6.87. The number of ether oxygens (including phenoxy) is 2. The highest BCUT2D eigenvalue weighted by Gasteiger charge is 2.25. The number of hydrogen-bond acceptors (Lipinski definition) is 4. The van der Waals surface area contributed by atoms with Gasteiger partial charge in [0.1, 0.15) is 0 Å². The summed E-state index contributed by atoms with van der Waals surface area (Å²) in [5.74, 6) is -0.995. The summed E-state index contributed by atoms with van der Waals surface area (Å²) < 4.78 is 36.7. The average molecular weight is 418 g/mol. The third kappa shape index (κ3) is 4.87. The van der Waals surface area contributed by atoms with Crippen molar-refractivity contribution in [1.29, 1.82) is 0 Å². The molecular weight excluding hydrogens is 394 g/mol. The van der Waals surface area contributed by atoms with Crippen molar-refractivity contribution in [2.24, 2.45) is 0 Å². The predicted molar refractivity (Wildman–Crippen MR) is 107 cm³/mol. The molecule has 0 unspecified atom stereocenters. The Bertz CT molecular complexity index is 927. The van der Waals surface area contributed by atoms with Gasteiger partial charge in [0, 0.05) is 38.2 Å². The summed E-state index contributed by atoms with van der Waals surface area (Å²) in [5.41, 5.74) is 1.07. The number of hydrogen-bond donors (Lipinski definition) is 0. The Balaban J connectivity index is 1.53. The number of carbonyl (C=O) groups excluding carboxylic acids is 2. The minimum atomic E-state index is -0.915. The lowest BCUT2D eigenvalue weighted by Gasteiger charge is -2.35. The van der Waals surface area contributed by atoms with Gasteiger partial charge in [-0.15, -0.1) is 0 Å². The van der Waals surface area contributed by atoms with Gasteiger partial charge >= 0.3 is 0 Å². The smallest absolute Gasteiger partial charge is 0.254 e. The highest BCUT2D eigenvalue weighted by Crippen LogP contribution is 2.28. The van der Waals surface area contributed by atoms with Gasteiger partial charge in [0.15, 0.2) is 23.1 Å². The summed E-state index contributed by atoms with van der Waals surface area (Å²) in [7, 11) is 3.04. The topological polar surface area (TPSA) is 59.1 Å². The summed E-state index contributed by atoms with van der Waals surface area (Å²) >= 11 is 0. The number of nitrogens with zero attached hydrogens (tertiary/aromatic N) is 2. The lowest BCUT2D eigenvalue weighted by Crippen LogP contribution is -2.50. The van der Waals surface area contributed by atoms with Gasteiger partial charge in [-0.1, -0.05) is 6.07 Å². The van der Waals surface area contributed by atoms with E-state index in [1.165, 1.54) is 20.3 Å². The van der Waals surface area contributed by atoms with Gasteiger partial charge in [0.25, 0.3) is 5.91 Å². The van der Waals surface area contributed by atoms with Crippen LogP contribution in [-0.4, -0.2) is 62.0 Å². The van der Waals surface area contributed by atoms with E-state index >= 15 is 0 Å². The predicted octanol–water partition coefficient (Wildman–Crippen LogP) is 2.90. The molecule has 2 aromatic carbocycles. The minimum Gasteiger partial charge on any atom is -0.493 e. The summed E-state index contributed by atoms with van der Waals surface area (Å²) in [4.78, 5) is 28.6. The fraction of sp³-hybridized carbons (Fsp3) is 0.364. The SMILES string of the molecule is COc1ccc(C(=O)N2CCN(C(=O)CCc3ccc(F)c(F)c3)CC2)cc1OC. The van der Waals surface area contributed by atoms with E-state index in [2.05, 4.69) is 0 Å². The minimum absolute atomic E-state index is 0.0713. The zero-order chi connectivity index (χ0) is 21.7. The maximum Gasteiger partial charge on any atom is 0.254 e. The highest BCUT2D eigenvalue weighted by atomic mass is 19.2. The van der Waals surface area contributed by atoms with E-state index in [4.69, 9.17) is 9.47 Å². The number of amides is 2. The monoisotopic (exact) mass is 418 g/mol. The van der Waals surface area contributed by atoms with E-state index in [0.717, 1.165) is 12.1 Å². The van der Waals surface area contributed by atoms with Crippen LogP contribution in [0.25, 0.3) is 0 Å². The van der Waals surface area contributed by atoms with Gasteiger partial charge in [-0.2, -0.15) is 0 Å². The van der Waals surface area contributed by atoms with Crippen molar-refractivity contribution in [2.45, 2.75) is 12.8 Å². The molecule has 3 rings (SSSR count). The van der Waals surface area contributed by atoms with Crippen LogP contribution in [0.3, 0.4) is 0 Å². The Morgan fingerprint density at radius 1 is 0.867 bits per heavy atom. The number of carbonyl (C=O) groups is 2. The van der Waals surface area contributed by atoms with Crippen LogP contribution in [0, 0.1) is 11.6 Å². The first-order valence-electron chi connectivity index (χ1n) is 9.66. The van der Waals surface area contributed by atoms with Crippen LogP contribution in [0.5, 0.6) is 11.5 Å². The van der Waals surface area contributed by atoms with Crippen molar-refractivity contribution in [1.82, 2.24) is 9.80 Å². The van der Waals surface area contributed by atoms with Crippen molar-refractivity contribution in [3.63, 3.8) is 0 Å². The van der Waals surface area contributed by atoms with Crippen LogP contribution in [0.15, 0.2) is 36.4 Å². The van der Waals surface area contributed by atoms with Crippen LogP contribution in [0.4, 0.5) is 8.78 Å². The molecule has 0 saturated carbocycles. The first-order valence-corrected chi connectivity index (χ1v) is 9.66. The maximum absolute atomic E-state index is 13.3. The van der Waals surface area contributed by atoms with E-state index in [9.17, 15) is 18.4 Å². The zero-order valence-corrected chi connectivity index (χ0v) is 17.0. The van der Waals surface area contributed by atoms with E-state index < -0.39 is 11.6 Å². The first kappa shape index (κ1) is 21.5. The van der Waals surface area contributed by atoms with Crippen LogP contribution < -0.4 is 9.47 Å². The molecule has 0 bridgehead atoms. The molecule has 2 amide bonds. The number of methoxy groups -OCH3 is 2. The van der Waals surface area contributed by atoms with Gasteiger partial charge in [0.2, 0.25) is 5.91 Å². The molecule has 1 aliphatic heterocycles. The van der Waals surface area contributed by atoms with E-state index in [1.54, 1.807) is 28.0 Å². The molecule has 0 aromatic heterocycles. The third-order valence-electron chi connectivity index (χ3n) is 5.16. The summed E-state index contributed by atoms with van der Waals surface area (Å²) in [6, 6.07) is 8.66. The molecule has 0 atom stereocenters. The normalized spacial score (nSPS) is 13.9. The molecule has 1 aliphatic rings. The van der Waals surface area contributed by atoms with Crippen molar-refractivity contribution in [2.75, 3.05) is 40.4 Å². The molecule has 1 fully saturated rings. The molecule has 8 heteroatoms. The molecular formula is C22H24F2N2O4. The Morgan fingerprint density at radius 3 is 2.17 bits per heavy atom. The van der Waals surface area contributed by atoms with E-state index in [-0.39, 0.29) is 18.2 Å². The number of aryl methyl sites for hydroxylation is 1. The number of piperazine rings is 1. The Labute approximate surface area is 174 Å². The van der Waals surface area contributed by atoms with Gasteiger partial charge in [0.05, 0.1) is 14.2 Å². The number of halogens is 2. The molecule has 1 heterocycles. The molecule has 2 aromatic rings. The second-order valence-corrected chi connectivity index (χ2v) is 6.99. The van der Waals surface area contributed by atoms with Crippen LogP contribution >= 0.6 is 0 Å². The molecule has 1 saturated heterocycles. The van der Waals surface area contributed by atoms with Crippen molar-refractivity contribution in [3.05, 3.63) is 59.2 Å². The standard InChI is InChI=1S/C22H24F2N2O4/c1-29-19-7-5-16(14-20(19)30-2)22(28)26-11-9-25(10-12-26)21(27)8-4-15-3-6-17(23)18(24)13-15/h3,5-7,13-14H,4,8-12H2,1-2H3. The van der Waals surface area contributed by atoms with Gasteiger partial charge in [-0.05, 0) is 42.3 Å². The van der Waals surface area contributed by atoms with Crippen LogP contribution in [0.1, 0.15) is 22.3 Å². The summed E-state index contributed by atoms with van der Waals surface area (Å²) in [6.07, 6.45) is 0.537. The number of rotatable bonds is 6. The van der Waals surface area contributed by atoms with Crippen LogP contribution in [-0.2, 0) is 11.2 Å². The zero-order valence-electron chi connectivity index (χ0n) is 17.0. The molecule has 160 valence electrons. The largest absolute Gasteiger partial charge is 0.493 e. The quantitative estimate of drug-likeness (QED) is 0.724. The summed E-state index contributed by atoms with van der Waals surface area (Å²) in [5, 5.41) is 0. The lowest BCUT2D eigenvalue weighted by atomic mass is 10.1. The fourth-order valence-corrected chi connectivity index (χ4v) is 3.42. The molecule has 0 spiro atoms. The maximum atomic E-state index is 13.3. The van der Waals surface area contributed by atoms with Gasteiger partial charge in [-0.3, -0.25) is 9.59 Å². The second-order valence-electron chi connectivity index (χ2n) is 6.99. The molecule has 30 heavy (non-hydrogen) atoms. The van der Waals surface area contributed by atoms with Crippen molar-refractivity contribution < 1.29 is 27.8 Å². The lowest BCUT2D eigenvalue weighted by molar-refractivity contribution is -0.132. The van der Waals surface area contributed by atoms with Crippen LogP contribution in [0.2, 0.25) is 0 Å². The molecule has 6 nitrogen and oxygen atoms in total. The van der Waals surface area contributed by atoms with E-state index in [1.807, 2.05) is 0 Å². The average Bonchev–Trinajstić information content (AvgIpc) is 2.78. The van der Waals surface area contributed by atoms with Gasteiger partial charge < -0.3 is 19.3 Å². The third-order valence-corrected chi connectivity index (χ3v) is 5.16. The molecule has 0 aliphatic carbocycles. The fourth-order valence-electron chi connectivity index (χ4n) is 3.42. The van der Waals surface area contributed by atoms with E-state index in [0.29, 0.717) is 55.2 Å². The second kappa shape index (κ2) is 9.56. The van der Waals surface area contributed by atoms with Crippen molar-refractivity contribution in [3.8, 4) is 11.5 Å².